The van der Waals surface area contributed by atoms with Gasteiger partial charge in [0.05, 0.1) is 6.54 Å². The standard InChI is InChI=1S/C23H31N3O2/c1-5-18(3)25(23(28)21-11-7-6-9-17(21)2)16-22(27)26(19-12-13-19)15-20-10-8-14-24(20)4/h6-11,14,18-19H,5,12-13,15-16H2,1-4H3/t18-/m0/s1. The van der Waals surface area contributed by atoms with Gasteiger partial charge in [-0.3, -0.25) is 9.59 Å². The molecule has 0 N–H and O–H groups in total. The highest BCUT2D eigenvalue weighted by Crippen LogP contribution is 2.29. The molecule has 1 fully saturated rings. The number of carbonyl (C=O) groups is 2. The first kappa shape index (κ1) is 20.2. The van der Waals surface area contributed by atoms with Gasteiger partial charge in [-0.15, -0.1) is 0 Å². The Kier molecular flexibility index (Phi) is 6.22. The van der Waals surface area contributed by atoms with Crippen LogP contribution in [-0.2, 0) is 18.4 Å². The summed E-state index contributed by atoms with van der Waals surface area (Å²) in [5, 5.41) is 0. The number of amides is 2. The highest BCUT2D eigenvalue weighted by molar-refractivity contribution is 5.98. The molecule has 0 spiro atoms. The van der Waals surface area contributed by atoms with E-state index in [-0.39, 0.29) is 24.4 Å². The number of carbonyl (C=O) groups excluding carboxylic acids is 2. The normalized spacial score (nSPS) is 14.6. The van der Waals surface area contributed by atoms with Crippen molar-refractivity contribution in [1.29, 1.82) is 0 Å². The first-order chi connectivity index (χ1) is 13.4. The first-order valence-electron chi connectivity index (χ1n) is 10.2. The molecule has 1 saturated carbocycles. The van der Waals surface area contributed by atoms with Crippen LogP contribution >= 0.6 is 0 Å². The highest BCUT2D eigenvalue weighted by Gasteiger charge is 2.35. The van der Waals surface area contributed by atoms with Crippen LogP contribution in [0, 0.1) is 6.92 Å². The summed E-state index contributed by atoms with van der Waals surface area (Å²) < 4.78 is 2.05. The Bertz CT molecular complexity index is 838. The van der Waals surface area contributed by atoms with Crippen molar-refractivity contribution in [2.24, 2.45) is 7.05 Å². The zero-order valence-corrected chi connectivity index (χ0v) is 17.4. The third-order valence-electron chi connectivity index (χ3n) is 5.76. The largest absolute Gasteiger partial charge is 0.353 e. The minimum Gasteiger partial charge on any atom is -0.353 e. The first-order valence-corrected chi connectivity index (χ1v) is 10.2. The van der Waals surface area contributed by atoms with Crippen molar-refractivity contribution in [1.82, 2.24) is 14.4 Å². The fraction of sp³-hybridized carbons (Fsp3) is 0.478. The number of hydrogen-bond donors (Lipinski definition) is 0. The van der Waals surface area contributed by atoms with E-state index in [1.54, 1.807) is 4.90 Å². The van der Waals surface area contributed by atoms with E-state index < -0.39 is 0 Å². The molecule has 1 aliphatic carbocycles. The quantitative estimate of drug-likeness (QED) is 0.699. The number of hydrogen-bond acceptors (Lipinski definition) is 2. The van der Waals surface area contributed by atoms with Crippen LogP contribution in [0.5, 0.6) is 0 Å². The molecule has 28 heavy (non-hydrogen) atoms. The molecule has 0 unspecified atom stereocenters. The summed E-state index contributed by atoms with van der Waals surface area (Å²) in [4.78, 5) is 30.2. The second kappa shape index (κ2) is 8.63. The fourth-order valence-electron chi connectivity index (χ4n) is 3.49. The molecular weight excluding hydrogens is 350 g/mol. The molecule has 5 heteroatoms. The Hall–Kier alpha value is -2.56. The Morgan fingerprint density at radius 2 is 1.89 bits per heavy atom. The van der Waals surface area contributed by atoms with Crippen LogP contribution in [0.25, 0.3) is 0 Å². The average molecular weight is 382 g/mol. The van der Waals surface area contributed by atoms with Crippen molar-refractivity contribution in [2.75, 3.05) is 6.54 Å². The van der Waals surface area contributed by atoms with Crippen LogP contribution in [0.3, 0.4) is 0 Å². The minimum atomic E-state index is -0.0598. The number of aryl methyl sites for hydroxylation is 2. The zero-order chi connectivity index (χ0) is 20.3. The molecule has 2 amide bonds. The van der Waals surface area contributed by atoms with Gasteiger partial charge in [0.2, 0.25) is 5.91 Å². The van der Waals surface area contributed by atoms with Gasteiger partial charge < -0.3 is 14.4 Å². The molecule has 5 nitrogen and oxygen atoms in total. The number of nitrogens with zero attached hydrogens (tertiary/aromatic N) is 3. The molecule has 1 aromatic carbocycles. The number of rotatable bonds is 8. The molecule has 0 aliphatic heterocycles. The van der Waals surface area contributed by atoms with Crippen molar-refractivity contribution in [3.05, 3.63) is 59.4 Å². The van der Waals surface area contributed by atoms with E-state index in [9.17, 15) is 9.59 Å². The summed E-state index contributed by atoms with van der Waals surface area (Å²) in [5.74, 6) is -0.0265. The third kappa shape index (κ3) is 4.46. The van der Waals surface area contributed by atoms with Gasteiger partial charge in [0.15, 0.2) is 0 Å². The maximum absolute atomic E-state index is 13.2. The molecule has 1 heterocycles. The van der Waals surface area contributed by atoms with Crippen LogP contribution in [0.4, 0.5) is 0 Å². The van der Waals surface area contributed by atoms with Gasteiger partial charge in [-0.05, 0) is 56.9 Å². The molecule has 1 atom stereocenters. The lowest BCUT2D eigenvalue weighted by atomic mass is 10.1. The lowest BCUT2D eigenvalue weighted by molar-refractivity contribution is -0.133. The summed E-state index contributed by atoms with van der Waals surface area (Å²) in [7, 11) is 2.00. The summed E-state index contributed by atoms with van der Waals surface area (Å²) in [6.45, 7) is 6.73. The van der Waals surface area contributed by atoms with E-state index in [4.69, 9.17) is 0 Å². The predicted molar refractivity (Wildman–Crippen MR) is 111 cm³/mol. The summed E-state index contributed by atoms with van der Waals surface area (Å²) in [6.07, 6.45) is 4.90. The molecule has 0 bridgehead atoms. The number of aromatic nitrogens is 1. The van der Waals surface area contributed by atoms with Crippen molar-refractivity contribution >= 4 is 11.8 Å². The van der Waals surface area contributed by atoms with Crippen molar-refractivity contribution in [3.8, 4) is 0 Å². The maximum Gasteiger partial charge on any atom is 0.254 e. The summed E-state index contributed by atoms with van der Waals surface area (Å²) in [6, 6.07) is 11.9. The smallest absolute Gasteiger partial charge is 0.254 e. The van der Waals surface area contributed by atoms with Gasteiger partial charge in [0.1, 0.15) is 6.54 Å². The molecule has 1 aliphatic rings. The van der Waals surface area contributed by atoms with Gasteiger partial charge in [-0.25, -0.2) is 0 Å². The Morgan fingerprint density at radius 1 is 1.18 bits per heavy atom. The predicted octanol–water partition coefficient (Wildman–Crippen LogP) is 3.77. The van der Waals surface area contributed by atoms with Crippen LogP contribution in [0.1, 0.15) is 54.7 Å². The lowest BCUT2D eigenvalue weighted by Gasteiger charge is -2.32. The van der Waals surface area contributed by atoms with E-state index in [0.29, 0.717) is 18.2 Å². The Morgan fingerprint density at radius 3 is 2.46 bits per heavy atom. The molecule has 3 rings (SSSR count). The maximum atomic E-state index is 13.2. The molecule has 150 valence electrons. The van der Waals surface area contributed by atoms with E-state index in [1.165, 1.54) is 0 Å². The molecular formula is C23H31N3O2. The van der Waals surface area contributed by atoms with Gasteiger partial charge in [-0.2, -0.15) is 0 Å². The molecule has 0 radical (unpaired) electrons. The highest BCUT2D eigenvalue weighted by atomic mass is 16.2. The summed E-state index contributed by atoms with van der Waals surface area (Å²) in [5.41, 5.74) is 2.73. The average Bonchev–Trinajstić information content (AvgIpc) is 3.45. The van der Waals surface area contributed by atoms with E-state index in [2.05, 4.69) is 6.92 Å². The van der Waals surface area contributed by atoms with Gasteiger partial charge >= 0.3 is 0 Å². The van der Waals surface area contributed by atoms with Crippen molar-refractivity contribution in [2.45, 2.75) is 58.7 Å². The Balaban J connectivity index is 1.79. The van der Waals surface area contributed by atoms with Crippen LogP contribution in [-0.4, -0.2) is 44.8 Å². The molecule has 0 saturated heterocycles. The topological polar surface area (TPSA) is 45.6 Å². The monoisotopic (exact) mass is 381 g/mol. The van der Waals surface area contributed by atoms with E-state index in [0.717, 1.165) is 30.5 Å². The van der Waals surface area contributed by atoms with Crippen molar-refractivity contribution in [3.63, 3.8) is 0 Å². The second-order valence-corrected chi connectivity index (χ2v) is 7.87. The molecule has 1 aromatic heterocycles. The van der Waals surface area contributed by atoms with Crippen LogP contribution in [0.2, 0.25) is 0 Å². The van der Waals surface area contributed by atoms with Gasteiger partial charge in [0, 0.05) is 36.6 Å². The molecule has 2 aromatic rings. The minimum absolute atomic E-state index is 0.00662. The van der Waals surface area contributed by atoms with Gasteiger partial charge in [-0.1, -0.05) is 25.1 Å². The van der Waals surface area contributed by atoms with E-state index >= 15 is 0 Å². The SMILES string of the molecule is CC[C@H](C)N(CC(=O)N(Cc1cccn1C)C1CC1)C(=O)c1ccccc1C. The Labute approximate surface area is 167 Å². The van der Waals surface area contributed by atoms with Crippen LogP contribution in [0.15, 0.2) is 42.6 Å². The summed E-state index contributed by atoms with van der Waals surface area (Å²) >= 11 is 0. The van der Waals surface area contributed by atoms with Crippen LogP contribution < -0.4 is 0 Å². The number of benzene rings is 1. The lowest BCUT2D eigenvalue weighted by Crippen LogP contribution is -2.47. The van der Waals surface area contributed by atoms with Gasteiger partial charge in [0.25, 0.3) is 5.91 Å². The third-order valence-corrected chi connectivity index (χ3v) is 5.76. The van der Waals surface area contributed by atoms with Crippen molar-refractivity contribution < 1.29 is 9.59 Å². The zero-order valence-electron chi connectivity index (χ0n) is 17.4. The van der Waals surface area contributed by atoms with E-state index in [1.807, 2.05) is 73.0 Å². The second-order valence-electron chi connectivity index (χ2n) is 7.87. The fourth-order valence-corrected chi connectivity index (χ4v) is 3.49.